The van der Waals surface area contributed by atoms with Crippen LogP contribution in [0.25, 0.3) is 16.6 Å². The van der Waals surface area contributed by atoms with E-state index < -0.39 is 6.10 Å². The number of aliphatic hydroxyl groups is 1. The van der Waals surface area contributed by atoms with Crippen molar-refractivity contribution >= 4 is 16.6 Å². The second-order valence-corrected chi connectivity index (χ2v) is 12.3. The quantitative estimate of drug-likeness (QED) is 0.287. The lowest BCUT2D eigenvalue weighted by Crippen LogP contribution is -2.40. The number of nitrogens with two attached hydrogens (primary N) is 1. The number of aromatic hydroxyl groups is 1. The Hall–Kier alpha value is -3.70. The van der Waals surface area contributed by atoms with Crippen LogP contribution in [0.15, 0.2) is 59.9 Å². The first-order chi connectivity index (χ1) is 20.4. The summed E-state index contributed by atoms with van der Waals surface area (Å²) in [5.74, 6) is 8.85. The molecule has 1 aromatic heterocycles. The number of aromatic nitrogens is 1. The van der Waals surface area contributed by atoms with Gasteiger partial charge >= 0.3 is 0 Å². The van der Waals surface area contributed by atoms with Crippen LogP contribution in [0.1, 0.15) is 55.7 Å². The molecule has 5 N–H and O–H groups in total. The molecule has 4 aliphatic heterocycles. The molecule has 0 fully saturated rings. The number of phenols is 1. The number of aliphatic hydroxyl groups excluding tert-OH is 1. The molecule has 42 heavy (non-hydrogen) atoms. The largest absolute Gasteiger partial charge is 0.504 e. The molecule has 8 rings (SSSR count). The molecule has 0 radical (unpaired) electrons. The predicted octanol–water partition coefficient (Wildman–Crippen LogP) is 4.99. The summed E-state index contributed by atoms with van der Waals surface area (Å²) in [5, 5.41) is 27.9. The molecule has 5 atom stereocenters. The zero-order chi connectivity index (χ0) is 28.8. The van der Waals surface area contributed by atoms with Crippen LogP contribution in [0.5, 0.6) is 11.5 Å². The van der Waals surface area contributed by atoms with Gasteiger partial charge in [0.1, 0.15) is 12.4 Å². The first-order valence-corrected chi connectivity index (χ1v) is 15.3. The Morgan fingerprint density at radius 2 is 1.98 bits per heavy atom. The number of ether oxygens (including phenoxy) is 2. The van der Waals surface area contributed by atoms with Crippen molar-refractivity contribution in [1.82, 2.24) is 9.88 Å². The van der Waals surface area contributed by atoms with Crippen LogP contribution in [0.3, 0.4) is 0 Å². The Morgan fingerprint density at radius 1 is 1.07 bits per heavy atom. The second kappa shape index (κ2) is 11.2. The van der Waals surface area contributed by atoms with Crippen LogP contribution in [0.2, 0.25) is 0 Å². The van der Waals surface area contributed by atoms with Gasteiger partial charge < -0.3 is 35.3 Å². The average molecular weight is 566 g/mol. The lowest BCUT2D eigenvalue weighted by atomic mass is 9.79. The molecule has 0 amide bonds. The Balaban J connectivity index is 1.37. The van der Waals surface area contributed by atoms with Gasteiger partial charge in [-0.05, 0) is 74.1 Å². The third-order valence-corrected chi connectivity index (χ3v) is 9.38. The Labute approximate surface area is 247 Å². The first kappa shape index (κ1) is 27.2. The standard InChI is InChI=1S/C35H39N3O4/c1-21-4-2-7-27-16-32(40)24-10-12-28-22(14-24)11-13-31(39)34(28)42-19-26-6-3-5-25-17-38(18-29(25)26)35-30(20-41-27)23(9-8-21)15-33(36)37-35/h3,5-6,11,13,15,17-18,21,24,27,32-33,37,39-40H,2,4,7,10,12,14,16,19-20,36H2,1H3/t21-,24+,27-,32-,33?/m0/s1. The van der Waals surface area contributed by atoms with Gasteiger partial charge in [-0.2, -0.15) is 0 Å². The van der Waals surface area contributed by atoms with E-state index in [1.807, 2.05) is 18.2 Å². The molecule has 1 unspecified atom stereocenters. The van der Waals surface area contributed by atoms with Crippen LogP contribution in [-0.2, 0) is 24.2 Å². The summed E-state index contributed by atoms with van der Waals surface area (Å²) in [6, 6.07) is 9.92. The summed E-state index contributed by atoms with van der Waals surface area (Å²) in [4.78, 5) is 0. The number of hydrogen-bond donors (Lipinski definition) is 4. The van der Waals surface area contributed by atoms with Crippen molar-refractivity contribution in [1.29, 1.82) is 0 Å². The third kappa shape index (κ3) is 5.20. The van der Waals surface area contributed by atoms with Gasteiger partial charge in [-0.25, -0.2) is 0 Å². The number of rotatable bonds is 0. The predicted molar refractivity (Wildman–Crippen MR) is 163 cm³/mol. The van der Waals surface area contributed by atoms with E-state index in [1.54, 1.807) is 6.07 Å². The molecule has 1 aliphatic carbocycles. The van der Waals surface area contributed by atoms with E-state index in [0.29, 0.717) is 25.4 Å². The Kier molecular flexibility index (Phi) is 7.23. The molecule has 3 aromatic rings. The average Bonchev–Trinajstić information content (AvgIpc) is 3.41. The molecule has 0 saturated heterocycles. The van der Waals surface area contributed by atoms with Crippen molar-refractivity contribution in [2.24, 2.45) is 17.6 Å². The SMILES string of the molecule is C[C@@H]1C#CC2=CC(N)NC3=C2CO[C@@H](CCC1)C[C@H](O)[C@@H]1CCc2c(ccc(O)c2OCc2cccc4cn3cc24)C1. The number of benzene rings is 2. The summed E-state index contributed by atoms with van der Waals surface area (Å²) in [7, 11) is 0. The molecule has 0 spiro atoms. The fraction of sp³-hybridized carbons (Fsp3) is 0.429. The monoisotopic (exact) mass is 565 g/mol. The second-order valence-electron chi connectivity index (χ2n) is 12.3. The zero-order valence-electron chi connectivity index (χ0n) is 24.1. The highest BCUT2D eigenvalue weighted by Gasteiger charge is 2.31. The van der Waals surface area contributed by atoms with E-state index in [0.717, 1.165) is 83.0 Å². The van der Waals surface area contributed by atoms with Gasteiger partial charge in [0.25, 0.3) is 0 Å². The van der Waals surface area contributed by atoms with Crippen molar-refractivity contribution in [2.45, 2.75) is 76.9 Å². The van der Waals surface area contributed by atoms with Crippen molar-refractivity contribution in [3.63, 3.8) is 0 Å². The molecule has 5 aliphatic rings. The summed E-state index contributed by atoms with van der Waals surface area (Å²) in [5.41, 5.74) is 11.6. The minimum absolute atomic E-state index is 0.0785. The van der Waals surface area contributed by atoms with E-state index in [2.05, 4.69) is 53.2 Å². The van der Waals surface area contributed by atoms with Crippen molar-refractivity contribution in [3.05, 3.63) is 76.6 Å². The van der Waals surface area contributed by atoms with Crippen molar-refractivity contribution < 1.29 is 19.7 Å². The van der Waals surface area contributed by atoms with E-state index in [-0.39, 0.29) is 29.9 Å². The fourth-order valence-corrected chi connectivity index (χ4v) is 7.00. The number of nitrogens with one attached hydrogen (secondary N) is 1. The summed E-state index contributed by atoms with van der Waals surface area (Å²) in [6.45, 7) is 2.88. The molecule has 8 bridgehead atoms. The van der Waals surface area contributed by atoms with Gasteiger partial charge in [0.2, 0.25) is 0 Å². The fourth-order valence-electron chi connectivity index (χ4n) is 7.00. The minimum atomic E-state index is -0.482. The maximum atomic E-state index is 11.5. The lowest BCUT2D eigenvalue weighted by Gasteiger charge is -2.32. The summed E-state index contributed by atoms with van der Waals surface area (Å²) >= 11 is 0. The highest BCUT2D eigenvalue weighted by Crippen LogP contribution is 2.41. The number of nitrogens with zero attached hydrogens (tertiary/aromatic N) is 1. The molecular weight excluding hydrogens is 526 g/mol. The number of dihydropyridines is 1. The first-order valence-electron chi connectivity index (χ1n) is 15.3. The van der Waals surface area contributed by atoms with Crippen molar-refractivity contribution in [2.75, 3.05) is 6.61 Å². The smallest absolute Gasteiger partial charge is 0.164 e. The summed E-state index contributed by atoms with van der Waals surface area (Å²) in [6.07, 6.45) is 11.1. The highest BCUT2D eigenvalue weighted by atomic mass is 16.5. The Morgan fingerprint density at radius 3 is 2.88 bits per heavy atom. The van der Waals surface area contributed by atoms with Gasteiger partial charge in [-0.3, -0.25) is 0 Å². The molecule has 0 saturated carbocycles. The van der Waals surface area contributed by atoms with Gasteiger partial charge in [-0.1, -0.05) is 43.0 Å². The van der Waals surface area contributed by atoms with Crippen LogP contribution < -0.4 is 15.8 Å². The number of phenolic OH excluding ortho intramolecular Hbond substituents is 1. The zero-order valence-corrected chi connectivity index (χ0v) is 24.1. The van der Waals surface area contributed by atoms with Crippen LogP contribution >= 0.6 is 0 Å². The molecule has 7 nitrogen and oxygen atoms in total. The van der Waals surface area contributed by atoms with E-state index in [4.69, 9.17) is 15.2 Å². The molecule has 218 valence electrons. The maximum Gasteiger partial charge on any atom is 0.164 e. The highest BCUT2D eigenvalue weighted by molar-refractivity contribution is 5.87. The Bertz CT molecular complexity index is 1640. The third-order valence-electron chi connectivity index (χ3n) is 9.38. The van der Waals surface area contributed by atoms with Gasteiger partial charge in [0.05, 0.1) is 25.0 Å². The molecule has 5 heterocycles. The molecular formula is C35H39N3O4. The lowest BCUT2D eigenvalue weighted by molar-refractivity contribution is -0.00219. The van der Waals surface area contributed by atoms with E-state index in [1.165, 1.54) is 0 Å². The minimum Gasteiger partial charge on any atom is -0.504 e. The number of hydrogen-bond acceptors (Lipinski definition) is 6. The van der Waals surface area contributed by atoms with Crippen LogP contribution in [-0.4, -0.2) is 39.8 Å². The summed E-state index contributed by atoms with van der Waals surface area (Å²) < 4.78 is 15.1. The van der Waals surface area contributed by atoms with E-state index in [9.17, 15) is 10.2 Å². The van der Waals surface area contributed by atoms with Gasteiger partial charge in [-0.15, -0.1) is 0 Å². The topological polar surface area (TPSA) is 102 Å². The normalized spacial score (nSPS) is 27.7. The van der Waals surface area contributed by atoms with Crippen LogP contribution in [0.4, 0.5) is 0 Å². The maximum absolute atomic E-state index is 11.5. The van der Waals surface area contributed by atoms with E-state index >= 15 is 0 Å². The number of fused-ring (bicyclic) bond motifs is 3. The van der Waals surface area contributed by atoms with Gasteiger partial charge in [0, 0.05) is 45.8 Å². The molecule has 2 aromatic carbocycles. The molecule has 7 heteroatoms. The van der Waals surface area contributed by atoms with Crippen molar-refractivity contribution in [3.8, 4) is 23.3 Å². The van der Waals surface area contributed by atoms with Gasteiger partial charge in [0.15, 0.2) is 11.5 Å². The van der Waals surface area contributed by atoms with Crippen LogP contribution in [0, 0.1) is 23.7 Å².